The van der Waals surface area contributed by atoms with Crippen LogP contribution in [0.25, 0.3) is 5.69 Å². The van der Waals surface area contributed by atoms with Crippen molar-refractivity contribution in [1.82, 2.24) is 25.0 Å². The largest absolute Gasteiger partial charge is 0.379 e. The summed E-state index contributed by atoms with van der Waals surface area (Å²) in [6.07, 6.45) is 2.34. The Morgan fingerprint density at radius 3 is 2.47 bits per heavy atom. The first-order chi connectivity index (χ1) is 15.4. The van der Waals surface area contributed by atoms with Crippen LogP contribution in [0, 0.1) is 6.92 Å². The molecule has 2 saturated heterocycles. The van der Waals surface area contributed by atoms with Gasteiger partial charge < -0.3 is 15.0 Å². The number of ether oxygens (including phenoxy) is 1. The van der Waals surface area contributed by atoms with Crippen LogP contribution in [-0.2, 0) is 9.53 Å². The average molecular weight is 459 g/mol. The molecule has 0 unspecified atom stereocenters. The Morgan fingerprint density at radius 2 is 1.78 bits per heavy atom. The zero-order valence-corrected chi connectivity index (χ0v) is 20.2. The van der Waals surface area contributed by atoms with Gasteiger partial charge in [0.2, 0.25) is 11.9 Å². The minimum atomic E-state index is -0.102. The van der Waals surface area contributed by atoms with E-state index in [0.717, 1.165) is 56.2 Å². The average Bonchev–Trinajstić information content (AvgIpc) is 3.47. The van der Waals surface area contributed by atoms with E-state index >= 15 is 0 Å². The molecule has 8 nitrogen and oxygen atoms in total. The van der Waals surface area contributed by atoms with E-state index < -0.39 is 0 Å². The number of carbonyl (C=O) groups is 1. The van der Waals surface area contributed by atoms with Crippen LogP contribution in [0.1, 0.15) is 32.3 Å². The lowest BCUT2D eigenvalue weighted by Gasteiger charge is -2.40. The van der Waals surface area contributed by atoms with Crippen molar-refractivity contribution in [2.75, 3.05) is 56.6 Å². The van der Waals surface area contributed by atoms with Crippen LogP contribution in [0.5, 0.6) is 0 Å². The molecule has 2 fully saturated rings. The highest BCUT2D eigenvalue weighted by molar-refractivity contribution is 7.99. The van der Waals surface area contributed by atoms with Crippen LogP contribution in [0.3, 0.4) is 0 Å². The number of carbonyl (C=O) groups excluding carboxylic acids is 1. The van der Waals surface area contributed by atoms with Gasteiger partial charge in [-0.2, -0.15) is 0 Å². The minimum Gasteiger partial charge on any atom is -0.379 e. The van der Waals surface area contributed by atoms with Gasteiger partial charge in [-0.15, -0.1) is 10.2 Å². The highest BCUT2D eigenvalue weighted by Gasteiger charge is 2.29. The molecule has 3 heterocycles. The van der Waals surface area contributed by atoms with Crippen molar-refractivity contribution >= 4 is 23.6 Å². The Kier molecular flexibility index (Phi) is 7.37. The molecular formula is C23H34N6O2S. The molecule has 4 rings (SSSR count). The third-order valence-electron chi connectivity index (χ3n) is 6.22. The zero-order chi connectivity index (χ0) is 22.6. The fourth-order valence-corrected chi connectivity index (χ4v) is 4.95. The fraction of sp³-hybridized carbons (Fsp3) is 0.609. The summed E-state index contributed by atoms with van der Waals surface area (Å²) in [6.45, 7) is 12.3. The summed E-state index contributed by atoms with van der Waals surface area (Å²) in [5.74, 6) is 1.18. The summed E-state index contributed by atoms with van der Waals surface area (Å²) in [5.41, 5.74) is 2.13. The van der Waals surface area contributed by atoms with E-state index in [1.54, 1.807) is 0 Å². The summed E-state index contributed by atoms with van der Waals surface area (Å²) < 4.78 is 7.53. The molecule has 1 N–H and O–H groups in total. The number of aryl methyl sites for hydroxylation is 1. The van der Waals surface area contributed by atoms with Gasteiger partial charge in [0.05, 0.1) is 24.7 Å². The van der Waals surface area contributed by atoms with Crippen molar-refractivity contribution in [1.29, 1.82) is 0 Å². The van der Waals surface area contributed by atoms with Crippen molar-refractivity contribution in [2.24, 2.45) is 0 Å². The first-order valence-electron chi connectivity index (χ1n) is 11.4. The molecular weight excluding hydrogens is 424 g/mol. The maximum absolute atomic E-state index is 12.7. The number of hydrogen-bond donors (Lipinski definition) is 1. The number of hydrogen-bond acceptors (Lipinski definition) is 7. The second kappa shape index (κ2) is 10.2. The topological polar surface area (TPSA) is 75.5 Å². The molecule has 9 heteroatoms. The maximum atomic E-state index is 12.7. The normalized spacial score (nSPS) is 17.7. The van der Waals surface area contributed by atoms with E-state index in [-0.39, 0.29) is 11.4 Å². The van der Waals surface area contributed by atoms with Gasteiger partial charge in [-0.3, -0.25) is 14.3 Å². The molecule has 0 radical (unpaired) electrons. The summed E-state index contributed by atoms with van der Waals surface area (Å²) >= 11 is 1.44. The lowest BCUT2D eigenvalue weighted by molar-refractivity contribution is -0.119. The Morgan fingerprint density at radius 1 is 1.09 bits per heavy atom. The lowest BCUT2D eigenvalue weighted by atomic mass is 10.0. The molecule has 0 saturated carbocycles. The van der Waals surface area contributed by atoms with Crippen molar-refractivity contribution in [3.8, 4) is 5.69 Å². The van der Waals surface area contributed by atoms with E-state index in [1.165, 1.54) is 30.2 Å². The van der Waals surface area contributed by atoms with Crippen LogP contribution >= 0.6 is 11.8 Å². The van der Waals surface area contributed by atoms with Crippen LogP contribution in [-0.4, -0.2) is 82.8 Å². The van der Waals surface area contributed by atoms with Gasteiger partial charge >= 0.3 is 0 Å². The molecule has 1 aromatic carbocycles. The van der Waals surface area contributed by atoms with Gasteiger partial charge in [0, 0.05) is 38.3 Å². The van der Waals surface area contributed by atoms with E-state index in [2.05, 4.69) is 74.9 Å². The van der Waals surface area contributed by atoms with Gasteiger partial charge in [-0.25, -0.2) is 0 Å². The monoisotopic (exact) mass is 458 g/mol. The Balaban J connectivity index is 1.41. The molecule has 0 aliphatic carbocycles. The van der Waals surface area contributed by atoms with E-state index in [0.29, 0.717) is 12.3 Å². The maximum Gasteiger partial charge on any atom is 0.232 e. The standard InChI is InChI=1S/C23H34N6O2S/c1-18-6-8-19(9-7-18)29-21(27-10-4-5-11-27)25-26-22(29)32-16-20(30)24-17-23(2,3)28-12-14-31-15-13-28/h6-9H,4-5,10-17H2,1-3H3,(H,24,30). The number of aromatic nitrogens is 3. The van der Waals surface area contributed by atoms with Crippen molar-refractivity contribution in [3.63, 3.8) is 0 Å². The van der Waals surface area contributed by atoms with Crippen LogP contribution in [0.4, 0.5) is 5.95 Å². The highest BCUT2D eigenvalue weighted by Crippen LogP contribution is 2.28. The number of benzene rings is 1. The Hall–Kier alpha value is -2.10. The Labute approximate surface area is 194 Å². The highest BCUT2D eigenvalue weighted by atomic mass is 32.2. The molecule has 2 aliphatic rings. The molecule has 2 aliphatic heterocycles. The molecule has 1 aromatic heterocycles. The van der Waals surface area contributed by atoms with Gasteiger partial charge in [0.15, 0.2) is 5.16 Å². The molecule has 0 bridgehead atoms. The second-order valence-electron chi connectivity index (χ2n) is 9.12. The van der Waals surface area contributed by atoms with E-state index in [9.17, 15) is 4.79 Å². The fourth-order valence-electron chi connectivity index (χ4n) is 4.17. The number of morpholine rings is 1. The first-order valence-corrected chi connectivity index (χ1v) is 12.4. The number of nitrogens with one attached hydrogen (secondary N) is 1. The third-order valence-corrected chi connectivity index (χ3v) is 7.14. The molecule has 174 valence electrons. The molecule has 32 heavy (non-hydrogen) atoms. The Bertz CT molecular complexity index is 902. The van der Waals surface area contributed by atoms with E-state index in [4.69, 9.17) is 4.74 Å². The molecule has 2 aromatic rings. The van der Waals surface area contributed by atoms with Gasteiger partial charge in [-0.1, -0.05) is 29.5 Å². The molecule has 1 amide bonds. The quantitative estimate of drug-likeness (QED) is 0.609. The smallest absolute Gasteiger partial charge is 0.232 e. The van der Waals surface area contributed by atoms with Crippen LogP contribution in [0.2, 0.25) is 0 Å². The molecule has 0 spiro atoms. The van der Waals surface area contributed by atoms with Crippen molar-refractivity contribution in [2.45, 2.75) is 44.3 Å². The number of rotatable bonds is 8. The summed E-state index contributed by atoms with van der Waals surface area (Å²) in [4.78, 5) is 17.3. The summed E-state index contributed by atoms with van der Waals surface area (Å²) in [6, 6.07) is 8.37. The number of nitrogens with zero attached hydrogens (tertiary/aromatic N) is 5. The van der Waals surface area contributed by atoms with Crippen molar-refractivity contribution < 1.29 is 9.53 Å². The number of thioether (sulfide) groups is 1. The van der Waals surface area contributed by atoms with Crippen molar-refractivity contribution in [3.05, 3.63) is 29.8 Å². The summed E-state index contributed by atoms with van der Waals surface area (Å²) in [7, 11) is 0. The SMILES string of the molecule is Cc1ccc(-n2c(SCC(=O)NCC(C)(C)N3CCOCC3)nnc2N2CCCC2)cc1. The zero-order valence-electron chi connectivity index (χ0n) is 19.3. The number of anilines is 1. The first kappa shape index (κ1) is 23.1. The lowest BCUT2D eigenvalue weighted by Crippen LogP contribution is -2.55. The molecule has 0 atom stereocenters. The van der Waals surface area contributed by atoms with E-state index in [1.807, 2.05) is 0 Å². The van der Waals surface area contributed by atoms with Gasteiger partial charge in [0.25, 0.3) is 0 Å². The predicted molar refractivity (Wildman–Crippen MR) is 128 cm³/mol. The third kappa shape index (κ3) is 5.44. The minimum absolute atomic E-state index is 0.0116. The number of amides is 1. The summed E-state index contributed by atoms with van der Waals surface area (Å²) in [5, 5.41) is 12.8. The van der Waals surface area contributed by atoms with Gasteiger partial charge in [-0.05, 0) is 45.7 Å². The second-order valence-corrected chi connectivity index (χ2v) is 10.1. The predicted octanol–water partition coefficient (Wildman–Crippen LogP) is 2.50. The van der Waals surface area contributed by atoms with Crippen LogP contribution < -0.4 is 10.2 Å². The van der Waals surface area contributed by atoms with Gasteiger partial charge in [0.1, 0.15) is 0 Å². The van der Waals surface area contributed by atoms with Crippen LogP contribution in [0.15, 0.2) is 29.4 Å².